The van der Waals surface area contributed by atoms with Gasteiger partial charge in [-0.1, -0.05) is 11.5 Å². The molecule has 1 aromatic rings. The minimum Gasteiger partial charge on any atom is -0.481 e. The molecule has 0 aromatic carbocycles. The molecule has 0 N–H and O–H groups in total. The van der Waals surface area contributed by atoms with Crippen molar-refractivity contribution < 1.29 is 18.3 Å². The predicted molar refractivity (Wildman–Crippen MR) is 75.5 cm³/mol. The van der Waals surface area contributed by atoms with Gasteiger partial charge >= 0.3 is 7.60 Å². The molecular formula is C12H16BN2O4P. The van der Waals surface area contributed by atoms with Gasteiger partial charge in [0, 0.05) is 5.56 Å². The van der Waals surface area contributed by atoms with E-state index in [1.54, 1.807) is 13.8 Å². The number of nitriles is 1. The summed E-state index contributed by atoms with van der Waals surface area (Å²) in [6.07, 6.45) is -0.0131. The maximum absolute atomic E-state index is 12.5. The fourth-order valence-corrected chi connectivity index (χ4v) is 3.35. The monoisotopic (exact) mass is 294 g/mol. The van der Waals surface area contributed by atoms with Crippen molar-refractivity contribution in [1.29, 1.82) is 5.26 Å². The molecule has 106 valence electrons. The van der Waals surface area contributed by atoms with Crippen LogP contribution in [0.1, 0.15) is 25.1 Å². The summed E-state index contributed by atoms with van der Waals surface area (Å²) in [5, 5.41) is 8.88. The number of rotatable bonds is 7. The predicted octanol–water partition coefficient (Wildman–Crippen LogP) is 1.52. The summed E-state index contributed by atoms with van der Waals surface area (Å²) >= 11 is 0. The van der Waals surface area contributed by atoms with E-state index in [0.29, 0.717) is 5.56 Å². The Morgan fingerprint density at radius 2 is 2.00 bits per heavy atom. The summed E-state index contributed by atoms with van der Waals surface area (Å²) in [4.78, 5) is 3.97. The number of ether oxygens (including phenoxy) is 1. The minimum atomic E-state index is -3.28. The lowest BCUT2D eigenvalue weighted by Gasteiger charge is -2.18. The molecule has 0 aliphatic rings. The number of methoxy groups -OCH3 is 1. The molecule has 1 rings (SSSR count). The molecule has 0 unspecified atom stereocenters. The van der Waals surface area contributed by atoms with Crippen LogP contribution in [0.25, 0.3) is 0 Å². The van der Waals surface area contributed by atoms with Crippen molar-refractivity contribution in [2.45, 2.75) is 20.0 Å². The van der Waals surface area contributed by atoms with Gasteiger partial charge in [0.1, 0.15) is 19.6 Å². The molecule has 1 heterocycles. The average Bonchev–Trinajstić information content (AvgIpc) is 2.39. The highest BCUT2D eigenvalue weighted by Gasteiger charge is 2.26. The van der Waals surface area contributed by atoms with E-state index < -0.39 is 7.60 Å². The zero-order chi connectivity index (χ0) is 15.2. The first kappa shape index (κ1) is 16.7. The molecule has 0 fully saturated rings. The highest BCUT2D eigenvalue weighted by atomic mass is 31.2. The van der Waals surface area contributed by atoms with E-state index in [2.05, 4.69) is 4.98 Å². The zero-order valence-electron chi connectivity index (χ0n) is 11.8. The molecule has 0 amide bonds. The number of nitrogens with zero attached hydrogens (tertiary/aromatic N) is 2. The van der Waals surface area contributed by atoms with Crippen molar-refractivity contribution in [2.75, 3.05) is 20.3 Å². The third-order valence-corrected chi connectivity index (χ3v) is 4.44. The van der Waals surface area contributed by atoms with Crippen LogP contribution in [0.3, 0.4) is 0 Å². The number of aromatic nitrogens is 1. The molecule has 0 aliphatic carbocycles. The molecular weight excluding hydrogens is 278 g/mol. The largest absolute Gasteiger partial charge is 0.481 e. The van der Waals surface area contributed by atoms with E-state index >= 15 is 0 Å². The summed E-state index contributed by atoms with van der Waals surface area (Å²) in [5.41, 5.74) is 0.741. The molecule has 6 nitrogen and oxygen atoms in total. The van der Waals surface area contributed by atoms with Gasteiger partial charge in [-0.15, -0.1) is 0 Å². The maximum atomic E-state index is 12.5. The molecule has 0 aliphatic heterocycles. The number of hydrogen-bond acceptors (Lipinski definition) is 6. The first-order valence-corrected chi connectivity index (χ1v) is 7.84. The molecule has 0 spiro atoms. The molecule has 0 saturated carbocycles. The third kappa shape index (κ3) is 4.07. The lowest BCUT2D eigenvalue weighted by molar-refractivity contribution is 0.218. The Kier molecular flexibility index (Phi) is 6.22. The van der Waals surface area contributed by atoms with Crippen molar-refractivity contribution in [3.8, 4) is 11.9 Å². The number of pyridine rings is 1. The average molecular weight is 294 g/mol. The second-order valence-electron chi connectivity index (χ2n) is 3.81. The Bertz CT molecular complexity index is 549. The van der Waals surface area contributed by atoms with Crippen LogP contribution in [0.4, 0.5) is 0 Å². The van der Waals surface area contributed by atoms with Gasteiger partial charge in [0.15, 0.2) is 0 Å². The van der Waals surface area contributed by atoms with Crippen molar-refractivity contribution in [3.63, 3.8) is 0 Å². The van der Waals surface area contributed by atoms with Crippen LogP contribution < -0.4 is 10.2 Å². The molecule has 0 saturated heterocycles. The topological polar surface area (TPSA) is 81.4 Å². The van der Waals surface area contributed by atoms with Gasteiger partial charge in [0.05, 0.1) is 26.5 Å². The van der Waals surface area contributed by atoms with Gasteiger partial charge in [-0.05, 0) is 13.8 Å². The van der Waals surface area contributed by atoms with Crippen LogP contribution in [0.2, 0.25) is 0 Å². The summed E-state index contributed by atoms with van der Waals surface area (Å²) in [5.74, 6) is 0.190. The fourth-order valence-electron chi connectivity index (χ4n) is 1.67. The Morgan fingerprint density at radius 1 is 1.40 bits per heavy atom. The van der Waals surface area contributed by atoms with Crippen molar-refractivity contribution >= 4 is 20.9 Å². The Labute approximate surface area is 120 Å². The Hall–Kier alpha value is -1.35. The van der Waals surface area contributed by atoms with Gasteiger partial charge in [0.25, 0.3) is 0 Å². The smallest absolute Gasteiger partial charge is 0.335 e. The van der Waals surface area contributed by atoms with Gasteiger partial charge in [-0.3, -0.25) is 4.57 Å². The summed E-state index contributed by atoms with van der Waals surface area (Å²) in [6.45, 7) is 3.99. The Morgan fingerprint density at radius 3 is 2.45 bits per heavy atom. The molecule has 0 atom stereocenters. The standard InChI is InChI=1S/C12H16BN2O4P/c1-4-18-20(16,19-5-2)8-9-6-10(13)11(7-14)15-12(9)17-3/h6H,4-5,8H2,1-3H3. The molecule has 8 heteroatoms. The normalized spacial score (nSPS) is 11.1. The Balaban J connectivity index is 3.16. The molecule has 2 radical (unpaired) electrons. The van der Waals surface area contributed by atoms with E-state index in [0.717, 1.165) is 0 Å². The van der Waals surface area contributed by atoms with Crippen LogP contribution in [0.15, 0.2) is 6.07 Å². The molecule has 0 bridgehead atoms. The lowest BCUT2D eigenvalue weighted by atomic mass is 9.93. The number of hydrogen-bond donors (Lipinski definition) is 0. The fraction of sp³-hybridized carbons (Fsp3) is 0.500. The molecule has 1 aromatic heterocycles. The first-order valence-electron chi connectivity index (χ1n) is 6.11. The van der Waals surface area contributed by atoms with Crippen LogP contribution in [-0.2, 0) is 19.8 Å². The summed E-state index contributed by atoms with van der Waals surface area (Å²) < 4.78 is 28.0. The highest BCUT2D eigenvalue weighted by molar-refractivity contribution is 7.53. The summed E-state index contributed by atoms with van der Waals surface area (Å²) in [6, 6.07) is 3.37. The van der Waals surface area contributed by atoms with E-state index in [1.165, 1.54) is 13.2 Å². The van der Waals surface area contributed by atoms with Gasteiger partial charge in [0.2, 0.25) is 5.88 Å². The minimum absolute atomic E-state index is 0.0131. The van der Waals surface area contributed by atoms with Crippen LogP contribution in [0, 0.1) is 11.3 Å². The first-order chi connectivity index (χ1) is 9.49. The third-order valence-electron chi connectivity index (χ3n) is 2.41. The van der Waals surface area contributed by atoms with Crippen LogP contribution >= 0.6 is 7.60 Å². The van der Waals surface area contributed by atoms with E-state index in [1.807, 2.05) is 6.07 Å². The van der Waals surface area contributed by atoms with Crippen LogP contribution in [0.5, 0.6) is 5.88 Å². The zero-order valence-corrected chi connectivity index (χ0v) is 12.6. The van der Waals surface area contributed by atoms with Gasteiger partial charge in [-0.2, -0.15) is 5.26 Å². The van der Waals surface area contributed by atoms with E-state index in [-0.39, 0.29) is 36.4 Å². The summed E-state index contributed by atoms with van der Waals surface area (Å²) in [7, 11) is 3.84. The second-order valence-corrected chi connectivity index (χ2v) is 5.87. The highest BCUT2D eigenvalue weighted by Crippen LogP contribution is 2.52. The van der Waals surface area contributed by atoms with Gasteiger partial charge in [-0.25, -0.2) is 4.98 Å². The second kappa shape index (κ2) is 7.44. The quantitative estimate of drug-likeness (QED) is 0.560. The van der Waals surface area contributed by atoms with Crippen molar-refractivity contribution in [3.05, 3.63) is 17.3 Å². The SMILES string of the molecule is [B]c1cc(CP(=O)(OCC)OCC)c(OC)nc1C#N. The van der Waals surface area contributed by atoms with E-state index in [4.69, 9.17) is 26.9 Å². The maximum Gasteiger partial charge on any atom is 0.335 e. The van der Waals surface area contributed by atoms with E-state index in [9.17, 15) is 4.57 Å². The van der Waals surface area contributed by atoms with Crippen molar-refractivity contribution in [1.82, 2.24) is 4.98 Å². The van der Waals surface area contributed by atoms with Crippen molar-refractivity contribution in [2.24, 2.45) is 0 Å². The molecule has 20 heavy (non-hydrogen) atoms. The van der Waals surface area contributed by atoms with Crippen LogP contribution in [-0.4, -0.2) is 33.2 Å². The van der Waals surface area contributed by atoms with Gasteiger partial charge < -0.3 is 13.8 Å². The lowest BCUT2D eigenvalue weighted by Crippen LogP contribution is -2.14.